The normalized spacial score (nSPS) is 13.8. The molecule has 15 heavy (non-hydrogen) atoms. The average molecular weight is 246 g/mol. The second-order valence-electron chi connectivity index (χ2n) is 3.46. The van der Waals surface area contributed by atoms with Crippen molar-refractivity contribution in [2.75, 3.05) is 0 Å². The number of amides is 1. The largest absolute Gasteiger partial charge is 0.471 e. The van der Waals surface area contributed by atoms with Crippen molar-refractivity contribution in [3.63, 3.8) is 0 Å². The van der Waals surface area contributed by atoms with E-state index in [2.05, 4.69) is 0 Å². The zero-order valence-electron chi connectivity index (χ0n) is 8.19. The highest BCUT2D eigenvalue weighted by Gasteiger charge is 2.40. The molecule has 1 amide bonds. The Morgan fingerprint density at radius 1 is 1.33 bits per heavy atom. The molecule has 0 aromatic rings. The number of hydrogen-bond donors (Lipinski definition) is 1. The van der Waals surface area contributed by atoms with Crippen molar-refractivity contribution in [1.82, 2.24) is 5.32 Å². The minimum atomic E-state index is -5.00. The van der Waals surface area contributed by atoms with E-state index in [1.54, 1.807) is 19.2 Å². The van der Waals surface area contributed by atoms with E-state index < -0.39 is 23.4 Å². The summed E-state index contributed by atoms with van der Waals surface area (Å²) in [6.07, 6.45) is -4.92. The van der Waals surface area contributed by atoms with Gasteiger partial charge in [-0.15, -0.1) is 0 Å². The van der Waals surface area contributed by atoms with Crippen LogP contribution in [0.15, 0.2) is 0 Å². The topological polar surface area (TPSA) is 46.2 Å². The van der Waals surface area contributed by atoms with Crippen LogP contribution in [0.1, 0.15) is 20.3 Å². The molecular formula is C8H11ClF3NO2. The standard InChI is InChI=1S/C8H11ClF3NO2/c1-4(2)3-5(6(9)14)13-7(15)8(10,11)12/h4-5H,3H2,1-2H3,(H,13,15)/t5-/m0/s1. The Bertz CT molecular complexity index is 253. The van der Waals surface area contributed by atoms with Crippen LogP contribution in [0.2, 0.25) is 0 Å². The molecule has 7 heteroatoms. The molecular weight excluding hydrogens is 235 g/mol. The van der Waals surface area contributed by atoms with E-state index in [1.807, 2.05) is 0 Å². The molecule has 0 aromatic carbocycles. The predicted molar refractivity (Wildman–Crippen MR) is 48.3 cm³/mol. The summed E-state index contributed by atoms with van der Waals surface area (Å²) in [7, 11) is 0. The third kappa shape index (κ3) is 5.61. The van der Waals surface area contributed by atoms with E-state index in [9.17, 15) is 22.8 Å². The molecule has 0 radical (unpaired) electrons. The Morgan fingerprint density at radius 3 is 2.07 bits per heavy atom. The van der Waals surface area contributed by atoms with Gasteiger partial charge in [0.25, 0.3) is 0 Å². The SMILES string of the molecule is CC(C)C[C@H](NC(=O)C(F)(F)F)C(=O)Cl. The first-order chi connectivity index (χ1) is 6.64. The lowest BCUT2D eigenvalue weighted by Crippen LogP contribution is -2.46. The highest BCUT2D eigenvalue weighted by atomic mass is 35.5. The zero-order chi connectivity index (χ0) is 12.2. The van der Waals surface area contributed by atoms with Crippen molar-refractivity contribution in [2.24, 2.45) is 5.92 Å². The third-order valence-electron chi connectivity index (χ3n) is 1.54. The van der Waals surface area contributed by atoms with Gasteiger partial charge in [0, 0.05) is 0 Å². The van der Waals surface area contributed by atoms with Gasteiger partial charge < -0.3 is 5.32 Å². The van der Waals surface area contributed by atoms with E-state index in [0.717, 1.165) is 0 Å². The minimum absolute atomic E-state index is 0.0498. The number of halogens is 4. The van der Waals surface area contributed by atoms with E-state index in [-0.39, 0.29) is 12.3 Å². The molecule has 0 aliphatic rings. The van der Waals surface area contributed by atoms with Gasteiger partial charge in [-0.1, -0.05) is 13.8 Å². The molecule has 0 heterocycles. The molecule has 0 bridgehead atoms. The Hall–Kier alpha value is -0.780. The molecule has 0 unspecified atom stereocenters. The van der Waals surface area contributed by atoms with Gasteiger partial charge in [0.1, 0.15) is 6.04 Å². The lowest BCUT2D eigenvalue weighted by molar-refractivity contribution is -0.174. The van der Waals surface area contributed by atoms with Crippen molar-refractivity contribution in [3.8, 4) is 0 Å². The monoisotopic (exact) mass is 245 g/mol. The zero-order valence-corrected chi connectivity index (χ0v) is 8.95. The number of hydrogen-bond acceptors (Lipinski definition) is 2. The maximum atomic E-state index is 11.8. The fourth-order valence-electron chi connectivity index (χ4n) is 0.920. The summed E-state index contributed by atoms with van der Waals surface area (Å²) >= 11 is 5.06. The van der Waals surface area contributed by atoms with Crippen LogP contribution in [-0.4, -0.2) is 23.4 Å². The van der Waals surface area contributed by atoms with E-state index in [1.165, 1.54) is 0 Å². The highest BCUT2D eigenvalue weighted by molar-refractivity contribution is 6.64. The van der Waals surface area contributed by atoms with Crippen LogP contribution >= 0.6 is 11.6 Å². The van der Waals surface area contributed by atoms with Crippen LogP contribution in [0.3, 0.4) is 0 Å². The van der Waals surface area contributed by atoms with Gasteiger partial charge in [-0.25, -0.2) is 0 Å². The summed E-state index contributed by atoms with van der Waals surface area (Å²) in [6, 6.07) is -1.29. The van der Waals surface area contributed by atoms with Crippen LogP contribution < -0.4 is 5.32 Å². The summed E-state index contributed by atoms with van der Waals surface area (Å²) in [6.45, 7) is 3.40. The van der Waals surface area contributed by atoms with Gasteiger partial charge in [-0.05, 0) is 23.9 Å². The van der Waals surface area contributed by atoms with Crippen LogP contribution in [0.4, 0.5) is 13.2 Å². The maximum absolute atomic E-state index is 11.8. The van der Waals surface area contributed by atoms with Crippen LogP contribution in [-0.2, 0) is 9.59 Å². The molecule has 3 nitrogen and oxygen atoms in total. The number of nitrogens with one attached hydrogen (secondary N) is 1. The van der Waals surface area contributed by atoms with Crippen molar-refractivity contribution < 1.29 is 22.8 Å². The minimum Gasteiger partial charge on any atom is -0.337 e. The molecule has 0 spiro atoms. The van der Waals surface area contributed by atoms with Crippen molar-refractivity contribution in [2.45, 2.75) is 32.5 Å². The molecule has 0 rings (SSSR count). The molecule has 0 aromatic heterocycles. The molecule has 0 saturated heterocycles. The number of carbonyl (C=O) groups is 2. The van der Waals surface area contributed by atoms with Crippen LogP contribution in [0.5, 0.6) is 0 Å². The van der Waals surface area contributed by atoms with Gasteiger partial charge in [-0.3, -0.25) is 9.59 Å². The first-order valence-corrected chi connectivity index (χ1v) is 4.59. The smallest absolute Gasteiger partial charge is 0.337 e. The van der Waals surface area contributed by atoms with Gasteiger partial charge in [0.05, 0.1) is 0 Å². The Morgan fingerprint density at radius 2 is 1.80 bits per heavy atom. The summed E-state index contributed by atoms with van der Waals surface area (Å²) in [4.78, 5) is 21.2. The van der Waals surface area contributed by atoms with Crippen LogP contribution in [0, 0.1) is 5.92 Å². The summed E-state index contributed by atoms with van der Waals surface area (Å²) in [5.41, 5.74) is 0. The predicted octanol–water partition coefficient (Wildman–Crippen LogP) is 1.84. The third-order valence-corrected chi connectivity index (χ3v) is 1.81. The Balaban J connectivity index is 4.43. The van der Waals surface area contributed by atoms with Crippen molar-refractivity contribution in [1.29, 1.82) is 0 Å². The van der Waals surface area contributed by atoms with Gasteiger partial charge >= 0.3 is 12.1 Å². The molecule has 1 N–H and O–H groups in total. The number of alkyl halides is 3. The van der Waals surface area contributed by atoms with Crippen molar-refractivity contribution in [3.05, 3.63) is 0 Å². The summed E-state index contributed by atoms with van der Waals surface area (Å²) in [5.74, 6) is -2.20. The van der Waals surface area contributed by atoms with Gasteiger partial charge in [0.2, 0.25) is 5.24 Å². The molecule has 0 aliphatic carbocycles. The molecule has 0 fully saturated rings. The van der Waals surface area contributed by atoms with E-state index >= 15 is 0 Å². The average Bonchev–Trinajstić information content (AvgIpc) is 1.99. The molecule has 0 aliphatic heterocycles. The fourth-order valence-corrected chi connectivity index (χ4v) is 1.06. The Kier molecular flexibility index (Phi) is 5.07. The lowest BCUT2D eigenvalue weighted by atomic mass is 10.0. The highest BCUT2D eigenvalue weighted by Crippen LogP contribution is 2.16. The maximum Gasteiger partial charge on any atom is 0.471 e. The Labute approximate surface area is 90.0 Å². The van der Waals surface area contributed by atoms with Gasteiger partial charge in [-0.2, -0.15) is 13.2 Å². The number of rotatable bonds is 4. The van der Waals surface area contributed by atoms with Gasteiger partial charge in [0.15, 0.2) is 0 Å². The molecule has 0 saturated carbocycles. The van der Waals surface area contributed by atoms with Crippen molar-refractivity contribution >= 4 is 22.8 Å². The first-order valence-electron chi connectivity index (χ1n) is 4.21. The first kappa shape index (κ1) is 14.2. The molecule has 88 valence electrons. The number of carbonyl (C=O) groups excluding carboxylic acids is 2. The van der Waals surface area contributed by atoms with E-state index in [4.69, 9.17) is 11.6 Å². The quantitative estimate of drug-likeness (QED) is 0.769. The second-order valence-corrected chi connectivity index (χ2v) is 3.83. The fraction of sp³-hybridized carbons (Fsp3) is 0.750. The molecule has 1 atom stereocenters. The second kappa shape index (κ2) is 5.34. The van der Waals surface area contributed by atoms with E-state index in [0.29, 0.717) is 0 Å². The van der Waals surface area contributed by atoms with Crippen LogP contribution in [0.25, 0.3) is 0 Å². The lowest BCUT2D eigenvalue weighted by Gasteiger charge is -2.17. The summed E-state index contributed by atoms with van der Waals surface area (Å²) in [5, 5.41) is 0.544. The summed E-state index contributed by atoms with van der Waals surface area (Å²) < 4.78 is 35.5.